The fraction of sp³-hybridized carbons (Fsp3) is 0.417. The monoisotopic (exact) mass is 274 g/mol. The predicted octanol–water partition coefficient (Wildman–Crippen LogP) is 2.48. The van der Waals surface area contributed by atoms with E-state index in [2.05, 4.69) is 5.32 Å². The van der Waals surface area contributed by atoms with Crippen molar-refractivity contribution in [1.29, 1.82) is 0 Å². The number of hydrogen-bond acceptors (Lipinski definition) is 3. The van der Waals surface area contributed by atoms with E-state index in [0.29, 0.717) is 18.5 Å². The number of fused-ring (bicyclic) bond motifs is 1. The number of hydrogen-bond donors (Lipinski definition) is 2. The van der Waals surface area contributed by atoms with Gasteiger partial charge in [-0.3, -0.25) is 4.79 Å². The average Bonchev–Trinajstić information content (AvgIpc) is 2.28. The quantitative estimate of drug-likeness (QED) is 0.832. The van der Waals surface area contributed by atoms with Crippen LogP contribution in [0.1, 0.15) is 18.4 Å². The number of carbonyl (C=O) groups excluding carboxylic acids is 1. The number of anilines is 2. The smallest absolute Gasteiger partial charge is 0.392 e. The minimum atomic E-state index is -4.25. The maximum absolute atomic E-state index is 12.0. The highest BCUT2D eigenvalue weighted by Gasteiger charge is 2.27. The van der Waals surface area contributed by atoms with E-state index in [1.54, 1.807) is 6.07 Å². The summed E-state index contributed by atoms with van der Waals surface area (Å²) in [5.74, 6) is 0.122. The van der Waals surface area contributed by atoms with Crippen LogP contribution in [0.4, 0.5) is 24.5 Å². The first-order valence-electron chi connectivity index (χ1n) is 5.77. The molecular weight excluding hydrogens is 261 g/mol. The number of halogens is 3. The van der Waals surface area contributed by atoms with Gasteiger partial charge in [-0.2, -0.15) is 13.2 Å². The first-order chi connectivity index (χ1) is 8.85. The van der Waals surface area contributed by atoms with E-state index in [1.165, 1.54) is 6.07 Å². The third-order valence-corrected chi connectivity index (χ3v) is 2.77. The summed E-state index contributed by atoms with van der Waals surface area (Å²) in [6.45, 7) is -0.473. The number of nitrogens with two attached hydrogens (primary N) is 1. The number of ether oxygens (including phenoxy) is 1. The second-order valence-electron chi connectivity index (χ2n) is 4.31. The van der Waals surface area contributed by atoms with Gasteiger partial charge in [0.1, 0.15) is 5.75 Å². The molecule has 4 nitrogen and oxygen atoms in total. The number of nitrogen functional groups attached to an aromatic ring is 1. The summed E-state index contributed by atoms with van der Waals surface area (Å²) in [6.07, 6.45) is -4.41. The van der Waals surface area contributed by atoms with E-state index in [4.69, 9.17) is 10.5 Å². The molecule has 1 aliphatic heterocycles. The molecule has 0 spiro atoms. The van der Waals surface area contributed by atoms with E-state index in [-0.39, 0.29) is 17.3 Å². The molecule has 1 aromatic rings. The van der Waals surface area contributed by atoms with Crippen molar-refractivity contribution in [2.45, 2.75) is 25.4 Å². The Hall–Kier alpha value is -1.92. The van der Waals surface area contributed by atoms with E-state index in [9.17, 15) is 18.0 Å². The summed E-state index contributed by atoms with van der Waals surface area (Å²) in [4.78, 5) is 11.2. The molecule has 1 aliphatic rings. The standard InChI is InChI=1S/C12H13F3N2O2/c13-12(14,15)3-4-19-10-5-7-1-2-11(18)17-9(7)6-8(10)16/h5-6H,1-4,16H2,(H,17,18). The summed E-state index contributed by atoms with van der Waals surface area (Å²) in [5.41, 5.74) is 7.30. The van der Waals surface area contributed by atoms with Gasteiger partial charge in [0.25, 0.3) is 0 Å². The Morgan fingerprint density at radius 3 is 2.74 bits per heavy atom. The third kappa shape index (κ3) is 3.52. The zero-order valence-corrected chi connectivity index (χ0v) is 10.0. The Kier molecular flexibility index (Phi) is 3.55. The van der Waals surface area contributed by atoms with Crippen molar-refractivity contribution in [2.24, 2.45) is 0 Å². The van der Waals surface area contributed by atoms with Gasteiger partial charge in [0.15, 0.2) is 0 Å². The van der Waals surface area contributed by atoms with Crippen LogP contribution in [0.25, 0.3) is 0 Å². The van der Waals surface area contributed by atoms with Crippen molar-refractivity contribution in [1.82, 2.24) is 0 Å². The topological polar surface area (TPSA) is 64.3 Å². The largest absolute Gasteiger partial charge is 0.491 e. The molecular formula is C12H13F3N2O2. The van der Waals surface area contributed by atoms with E-state index in [0.717, 1.165) is 5.56 Å². The molecule has 3 N–H and O–H groups in total. The van der Waals surface area contributed by atoms with Crippen molar-refractivity contribution in [3.63, 3.8) is 0 Å². The molecule has 0 saturated heterocycles. The van der Waals surface area contributed by atoms with Crippen LogP contribution in [-0.2, 0) is 11.2 Å². The first-order valence-corrected chi connectivity index (χ1v) is 5.77. The molecule has 0 atom stereocenters. The lowest BCUT2D eigenvalue weighted by atomic mass is 10.0. The molecule has 19 heavy (non-hydrogen) atoms. The summed E-state index contributed by atoms with van der Waals surface area (Å²) >= 11 is 0. The molecule has 0 unspecified atom stereocenters. The Balaban J connectivity index is 2.08. The molecule has 7 heteroatoms. The average molecular weight is 274 g/mol. The first kappa shape index (κ1) is 13.5. The highest BCUT2D eigenvalue weighted by Crippen LogP contribution is 2.33. The number of benzene rings is 1. The zero-order chi connectivity index (χ0) is 14.0. The fourth-order valence-electron chi connectivity index (χ4n) is 1.82. The van der Waals surface area contributed by atoms with Crippen molar-refractivity contribution >= 4 is 17.3 Å². The number of aryl methyl sites for hydroxylation is 1. The van der Waals surface area contributed by atoms with Crippen LogP contribution < -0.4 is 15.8 Å². The summed E-state index contributed by atoms with van der Waals surface area (Å²) in [6, 6.07) is 3.09. The van der Waals surface area contributed by atoms with E-state index >= 15 is 0 Å². The van der Waals surface area contributed by atoms with Crippen LogP contribution in [0.15, 0.2) is 12.1 Å². The minimum Gasteiger partial charge on any atom is -0.491 e. The molecule has 1 heterocycles. The molecule has 0 aliphatic carbocycles. The van der Waals surface area contributed by atoms with Crippen molar-refractivity contribution < 1.29 is 22.7 Å². The summed E-state index contributed by atoms with van der Waals surface area (Å²) < 4.78 is 41.1. The Labute approximate surface area is 107 Å². The second kappa shape index (κ2) is 4.99. The lowest BCUT2D eigenvalue weighted by molar-refractivity contribution is -0.139. The van der Waals surface area contributed by atoms with Crippen LogP contribution in [0.5, 0.6) is 5.75 Å². The predicted molar refractivity (Wildman–Crippen MR) is 64.0 cm³/mol. The molecule has 1 amide bonds. The third-order valence-electron chi connectivity index (χ3n) is 2.77. The molecule has 0 fully saturated rings. The number of nitrogens with one attached hydrogen (secondary N) is 1. The number of amides is 1. The molecule has 2 rings (SSSR count). The fourth-order valence-corrected chi connectivity index (χ4v) is 1.82. The maximum atomic E-state index is 12.0. The normalized spacial score (nSPS) is 14.8. The number of rotatable bonds is 3. The SMILES string of the molecule is Nc1cc2c(cc1OCCC(F)(F)F)CCC(=O)N2. The van der Waals surface area contributed by atoms with E-state index in [1.807, 2.05) is 0 Å². The zero-order valence-electron chi connectivity index (χ0n) is 10.0. The summed E-state index contributed by atoms with van der Waals surface area (Å²) in [7, 11) is 0. The van der Waals surface area contributed by atoms with Crippen LogP contribution in [-0.4, -0.2) is 18.7 Å². The van der Waals surface area contributed by atoms with Gasteiger partial charge in [-0.1, -0.05) is 0 Å². The Bertz CT molecular complexity index is 500. The lowest BCUT2D eigenvalue weighted by Crippen LogP contribution is -2.19. The van der Waals surface area contributed by atoms with Crippen LogP contribution in [0.2, 0.25) is 0 Å². The molecule has 0 bridgehead atoms. The van der Waals surface area contributed by atoms with Gasteiger partial charge in [-0.15, -0.1) is 0 Å². The van der Waals surface area contributed by atoms with E-state index < -0.39 is 19.2 Å². The van der Waals surface area contributed by atoms with Gasteiger partial charge < -0.3 is 15.8 Å². The maximum Gasteiger partial charge on any atom is 0.392 e. The number of alkyl halides is 3. The highest BCUT2D eigenvalue weighted by atomic mass is 19.4. The second-order valence-corrected chi connectivity index (χ2v) is 4.31. The van der Waals surface area contributed by atoms with Gasteiger partial charge in [0.2, 0.25) is 5.91 Å². The van der Waals surface area contributed by atoms with Crippen LogP contribution in [0.3, 0.4) is 0 Å². The molecule has 0 radical (unpaired) electrons. The highest BCUT2D eigenvalue weighted by molar-refractivity contribution is 5.94. The van der Waals surface area contributed by atoms with Crippen molar-refractivity contribution in [2.75, 3.05) is 17.7 Å². The van der Waals surface area contributed by atoms with Crippen molar-refractivity contribution in [3.05, 3.63) is 17.7 Å². The van der Waals surface area contributed by atoms with Gasteiger partial charge in [-0.05, 0) is 24.1 Å². The van der Waals surface area contributed by atoms with Gasteiger partial charge in [-0.25, -0.2) is 0 Å². The molecule has 1 aromatic carbocycles. The Morgan fingerprint density at radius 1 is 1.32 bits per heavy atom. The molecule has 104 valence electrons. The summed E-state index contributed by atoms with van der Waals surface area (Å²) in [5, 5.41) is 2.65. The van der Waals surface area contributed by atoms with Crippen LogP contribution >= 0.6 is 0 Å². The number of carbonyl (C=O) groups is 1. The minimum absolute atomic E-state index is 0.0994. The molecule has 0 aromatic heterocycles. The van der Waals surface area contributed by atoms with Gasteiger partial charge >= 0.3 is 6.18 Å². The Morgan fingerprint density at radius 2 is 2.05 bits per heavy atom. The van der Waals surface area contributed by atoms with Crippen LogP contribution in [0, 0.1) is 0 Å². The molecule has 0 saturated carbocycles. The lowest BCUT2D eigenvalue weighted by Gasteiger charge is -2.19. The van der Waals surface area contributed by atoms with Gasteiger partial charge in [0, 0.05) is 12.1 Å². The van der Waals surface area contributed by atoms with Crippen molar-refractivity contribution in [3.8, 4) is 5.75 Å². The van der Waals surface area contributed by atoms with Gasteiger partial charge in [0.05, 0.1) is 18.7 Å².